The normalized spacial score (nSPS) is 26.7. The van der Waals surface area contributed by atoms with E-state index in [4.69, 9.17) is 5.73 Å². The van der Waals surface area contributed by atoms with Crippen molar-refractivity contribution in [3.05, 3.63) is 24.3 Å². The fourth-order valence-corrected chi connectivity index (χ4v) is 5.08. The predicted molar refractivity (Wildman–Crippen MR) is 89.4 cm³/mol. The molecule has 0 aromatic heterocycles. The average molecular weight is 328 g/mol. The molecule has 21 heavy (non-hydrogen) atoms. The molecule has 0 aliphatic heterocycles. The van der Waals surface area contributed by atoms with Crippen LogP contribution >= 0.6 is 11.8 Å². The van der Waals surface area contributed by atoms with E-state index < -0.39 is 9.84 Å². The Morgan fingerprint density at radius 3 is 2.43 bits per heavy atom. The van der Waals surface area contributed by atoms with Crippen LogP contribution in [0.3, 0.4) is 0 Å². The Morgan fingerprint density at radius 1 is 1.24 bits per heavy atom. The summed E-state index contributed by atoms with van der Waals surface area (Å²) in [5, 5.41) is 0.554. The second-order valence-corrected chi connectivity index (χ2v) is 9.31. The largest absolute Gasteiger partial charge is 0.330 e. The lowest BCUT2D eigenvalue weighted by molar-refractivity contribution is 0.284. The van der Waals surface area contributed by atoms with Gasteiger partial charge in [-0.3, -0.25) is 0 Å². The van der Waals surface area contributed by atoms with Gasteiger partial charge in [0, 0.05) is 16.4 Å². The van der Waals surface area contributed by atoms with Crippen LogP contribution in [0.4, 0.5) is 0 Å². The molecule has 1 aromatic carbocycles. The van der Waals surface area contributed by atoms with Crippen LogP contribution in [0.25, 0.3) is 0 Å². The molecule has 0 amide bonds. The molecule has 0 heterocycles. The molecular weight excluding hydrogens is 302 g/mol. The van der Waals surface area contributed by atoms with Gasteiger partial charge in [-0.2, -0.15) is 0 Å². The Hall–Kier alpha value is -0.520. The molecule has 0 saturated heterocycles. The second kappa shape index (κ2) is 7.16. The van der Waals surface area contributed by atoms with Gasteiger partial charge in [0.1, 0.15) is 0 Å². The van der Waals surface area contributed by atoms with Gasteiger partial charge in [-0.05, 0) is 55.5 Å². The van der Waals surface area contributed by atoms with Crippen LogP contribution in [-0.2, 0) is 9.84 Å². The lowest BCUT2D eigenvalue weighted by Crippen LogP contribution is -2.32. The number of thioether (sulfide) groups is 1. The number of benzene rings is 1. The van der Waals surface area contributed by atoms with E-state index in [0.29, 0.717) is 16.1 Å². The maximum absolute atomic E-state index is 11.5. The van der Waals surface area contributed by atoms with E-state index >= 15 is 0 Å². The van der Waals surface area contributed by atoms with Crippen molar-refractivity contribution in [1.82, 2.24) is 0 Å². The van der Waals surface area contributed by atoms with E-state index in [1.54, 1.807) is 12.1 Å². The molecule has 1 saturated carbocycles. The summed E-state index contributed by atoms with van der Waals surface area (Å²) in [4.78, 5) is 1.53. The van der Waals surface area contributed by atoms with Crippen LogP contribution in [0.2, 0.25) is 0 Å². The topological polar surface area (TPSA) is 60.2 Å². The van der Waals surface area contributed by atoms with E-state index in [1.807, 2.05) is 23.9 Å². The van der Waals surface area contributed by atoms with Crippen LogP contribution in [0, 0.1) is 11.8 Å². The molecule has 2 N–H and O–H groups in total. The molecule has 0 bridgehead atoms. The van der Waals surface area contributed by atoms with Gasteiger partial charge in [-0.1, -0.05) is 19.8 Å². The van der Waals surface area contributed by atoms with E-state index in [1.165, 1.54) is 31.9 Å². The van der Waals surface area contributed by atoms with Gasteiger partial charge < -0.3 is 5.73 Å². The van der Waals surface area contributed by atoms with Gasteiger partial charge in [0.15, 0.2) is 9.84 Å². The number of nitrogens with two attached hydrogens (primary N) is 1. The third-order valence-corrected chi connectivity index (χ3v) is 7.01. The van der Waals surface area contributed by atoms with Crippen molar-refractivity contribution < 1.29 is 8.42 Å². The first kappa shape index (κ1) is 16.8. The van der Waals surface area contributed by atoms with Gasteiger partial charge in [0.25, 0.3) is 0 Å². The summed E-state index contributed by atoms with van der Waals surface area (Å²) in [5.41, 5.74) is 5.92. The Labute approximate surface area is 132 Å². The fraction of sp³-hybridized carbons (Fsp3) is 0.625. The molecular formula is C16H25NO2S2. The molecule has 118 valence electrons. The average Bonchev–Trinajstić information content (AvgIpc) is 2.46. The molecule has 0 spiro atoms. The van der Waals surface area contributed by atoms with Crippen LogP contribution in [-0.4, -0.2) is 26.5 Å². The van der Waals surface area contributed by atoms with Crippen LogP contribution in [0.5, 0.6) is 0 Å². The number of sulfone groups is 1. The summed E-state index contributed by atoms with van der Waals surface area (Å²) < 4.78 is 23.0. The summed E-state index contributed by atoms with van der Waals surface area (Å²) in [6.07, 6.45) is 6.21. The highest BCUT2D eigenvalue weighted by molar-refractivity contribution is 8.00. The zero-order chi connectivity index (χ0) is 15.5. The molecule has 1 fully saturated rings. The van der Waals surface area contributed by atoms with Crippen LogP contribution in [0.15, 0.2) is 34.1 Å². The summed E-state index contributed by atoms with van der Waals surface area (Å²) in [6, 6.07) is 7.25. The van der Waals surface area contributed by atoms with Crippen molar-refractivity contribution in [2.24, 2.45) is 17.6 Å². The molecule has 2 rings (SSSR count). The van der Waals surface area contributed by atoms with E-state index in [9.17, 15) is 8.42 Å². The van der Waals surface area contributed by atoms with Crippen LogP contribution < -0.4 is 5.73 Å². The Balaban J connectivity index is 2.08. The van der Waals surface area contributed by atoms with Gasteiger partial charge >= 0.3 is 0 Å². The van der Waals surface area contributed by atoms with Crippen molar-refractivity contribution >= 4 is 21.6 Å². The molecule has 0 radical (unpaired) electrons. The number of hydrogen-bond acceptors (Lipinski definition) is 4. The van der Waals surface area contributed by atoms with Gasteiger partial charge in [-0.15, -0.1) is 11.8 Å². The summed E-state index contributed by atoms with van der Waals surface area (Å²) in [6.45, 7) is 3.01. The minimum Gasteiger partial charge on any atom is -0.330 e. The van der Waals surface area contributed by atoms with E-state index in [0.717, 1.165) is 17.4 Å². The van der Waals surface area contributed by atoms with Crippen molar-refractivity contribution in [3.8, 4) is 0 Å². The van der Waals surface area contributed by atoms with Crippen molar-refractivity contribution in [2.75, 3.05) is 12.8 Å². The standard InChI is InChI=1S/C16H25NO2S2/c1-3-12-4-5-13(11-17)16(10-12)20-14-6-8-15(9-7-14)21(2,18)19/h6-9,12-13,16H,3-5,10-11,17H2,1-2H3. The Morgan fingerprint density at radius 2 is 1.90 bits per heavy atom. The summed E-state index contributed by atoms with van der Waals surface area (Å²) in [7, 11) is -3.11. The third-order valence-electron chi connectivity index (χ3n) is 4.46. The molecule has 5 heteroatoms. The Kier molecular flexibility index (Phi) is 5.74. The lowest BCUT2D eigenvalue weighted by atomic mass is 9.80. The molecule has 1 aromatic rings. The van der Waals surface area contributed by atoms with E-state index in [2.05, 4.69) is 6.92 Å². The summed E-state index contributed by atoms with van der Waals surface area (Å²) in [5.74, 6) is 1.38. The smallest absolute Gasteiger partial charge is 0.175 e. The van der Waals surface area contributed by atoms with Gasteiger partial charge in [0.2, 0.25) is 0 Å². The minimum atomic E-state index is -3.11. The molecule has 3 atom stereocenters. The SMILES string of the molecule is CCC1CCC(CN)C(Sc2ccc(S(C)(=O)=O)cc2)C1. The van der Waals surface area contributed by atoms with Gasteiger partial charge in [0.05, 0.1) is 4.90 Å². The van der Waals surface area contributed by atoms with E-state index in [-0.39, 0.29) is 0 Å². The number of rotatable bonds is 5. The minimum absolute atomic E-state index is 0.386. The molecule has 1 aliphatic rings. The molecule has 1 aliphatic carbocycles. The lowest BCUT2D eigenvalue weighted by Gasteiger charge is -2.35. The second-order valence-electron chi connectivity index (χ2n) is 5.98. The zero-order valence-corrected chi connectivity index (χ0v) is 14.4. The zero-order valence-electron chi connectivity index (χ0n) is 12.8. The molecule has 3 nitrogen and oxygen atoms in total. The predicted octanol–water partition coefficient (Wildman–Crippen LogP) is 3.34. The highest BCUT2D eigenvalue weighted by atomic mass is 32.2. The first-order chi connectivity index (χ1) is 9.94. The Bertz CT molecular complexity index is 554. The number of hydrogen-bond donors (Lipinski definition) is 1. The summed E-state index contributed by atoms with van der Waals surface area (Å²) >= 11 is 1.86. The van der Waals surface area contributed by atoms with Crippen molar-refractivity contribution in [1.29, 1.82) is 0 Å². The first-order valence-corrected chi connectivity index (χ1v) is 10.4. The highest BCUT2D eigenvalue weighted by Gasteiger charge is 2.29. The van der Waals surface area contributed by atoms with Crippen molar-refractivity contribution in [2.45, 2.75) is 47.6 Å². The third kappa shape index (κ3) is 4.47. The molecule has 3 unspecified atom stereocenters. The maximum Gasteiger partial charge on any atom is 0.175 e. The van der Waals surface area contributed by atoms with Gasteiger partial charge in [-0.25, -0.2) is 8.42 Å². The maximum atomic E-state index is 11.5. The van der Waals surface area contributed by atoms with Crippen molar-refractivity contribution in [3.63, 3.8) is 0 Å². The fourth-order valence-electron chi connectivity index (χ4n) is 3.00. The quantitative estimate of drug-likeness (QED) is 0.901. The first-order valence-electron chi connectivity index (χ1n) is 7.61. The monoisotopic (exact) mass is 327 g/mol. The van der Waals surface area contributed by atoms with Crippen LogP contribution in [0.1, 0.15) is 32.6 Å². The highest BCUT2D eigenvalue weighted by Crippen LogP contribution is 2.40.